The van der Waals surface area contributed by atoms with E-state index in [4.69, 9.17) is 0 Å². The first-order chi connectivity index (χ1) is 8.27. The molecule has 3 nitrogen and oxygen atoms in total. The van der Waals surface area contributed by atoms with E-state index in [2.05, 4.69) is 10.3 Å². The highest BCUT2D eigenvalue weighted by molar-refractivity contribution is 5.31. The second-order valence-corrected chi connectivity index (χ2v) is 4.00. The number of aromatic hydroxyl groups is 1. The number of para-hydroxylation sites is 1. The molecule has 1 aromatic carbocycles. The maximum absolute atomic E-state index is 9.61. The minimum absolute atomic E-state index is 0.331. The van der Waals surface area contributed by atoms with Crippen molar-refractivity contribution in [2.45, 2.75) is 20.0 Å². The fourth-order valence-corrected chi connectivity index (χ4v) is 1.68. The van der Waals surface area contributed by atoms with Gasteiger partial charge >= 0.3 is 0 Å². The highest BCUT2D eigenvalue weighted by atomic mass is 16.3. The van der Waals surface area contributed by atoms with Gasteiger partial charge in [0.1, 0.15) is 5.75 Å². The smallest absolute Gasteiger partial charge is 0.120 e. The molecule has 0 atom stereocenters. The van der Waals surface area contributed by atoms with Gasteiger partial charge < -0.3 is 10.4 Å². The van der Waals surface area contributed by atoms with Gasteiger partial charge in [-0.05, 0) is 24.6 Å². The molecule has 3 heteroatoms. The van der Waals surface area contributed by atoms with Crippen molar-refractivity contribution in [3.8, 4) is 5.75 Å². The van der Waals surface area contributed by atoms with Crippen LogP contribution in [0.4, 0.5) is 0 Å². The number of nitrogens with one attached hydrogen (secondary N) is 1. The van der Waals surface area contributed by atoms with Crippen LogP contribution in [0.15, 0.2) is 42.6 Å². The maximum Gasteiger partial charge on any atom is 0.120 e. The number of aromatic nitrogens is 1. The van der Waals surface area contributed by atoms with Crippen LogP contribution in [0.1, 0.15) is 16.8 Å². The van der Waals surface area contributed by atoms with Gasteiger partial charge in [0.15, 0.2) is 0 Å². The Morgan fingerprint density at radius 3 is 2.71 bits per heavy atom. The van der Waals surface area contributed by atoms with Crippen LogP contribution >= 0.6 is 0 Å². The molecule has 0 fully saturated rings. The van der Waals surface area contributed by atoms with E-state index in [1.807, 2.05) is 37.3 Å². The number of benzene rings is 1. The van der Waals surface area contributed by atoms with Crippen molar-refractivity contribution < 1.29 is 5.11 Å². The van der Waals surface area contributed by atoms with Crippen molar-refractivity contribution in [1.82, 2.24) is 10.3 Å². The van der Waals surface area contributed by atoms with Crippen LogP contribution in [-0.4, -0.2) is 10.1 Å². The number of phenolic OH excluding ortho intramolecular Hbond substituents is 1. The van der Waals surface area contributed by atoms with Crippen LogP contribution in [0.5, 0.6) is 5.75 Å². The van der Waals surface area contributed by atoms with Gasteiger partial charge in [-0.25, -0.2) is 0 Å². The number of phenols is 1. The summed E-state index contributed by atoms with van der Waals surface area (Å²) in [6.07, 6.45) is 1.80. The molecule has 0 aliphatic heterocycles. The van der Waals surface area contributed by atoms with E-state index in [0.717, 1.165) is 11.3 Å². The fraction of sp³-hybridized carbons (Fsp3) is 0.214. The molecular weight excluding hydrogens is 212 g/mol. The first kappa shape index (κ1) is 11.6. The molecule has 0 radical (unpaired) electrons. The average molecular weight is 228 g/mol. The summed E-state index contributed by atoms with van der Waals surface area (Å²) >= 11 is 0. The molecule has 2 rings (SSSR count). The molecule has 0 saturated carbocycles. The Morgan fingerprint density at radius 1 is 1.12 bits per heavy atom. The molecular formula is C14H16N2O. The number of rotatable bonds is 4. The predicted octanol–water partition coefficient (Wildman–Crippen LogP) is 2.39. The minimum atomic E-state index is 0.331. The average Bonchev–Trinajstić information content (AvgIpc) is 2.34. The molecule has 0 saturated heterocycles. The molecule has 0 unspecified atom stereocenters. The fourth-order valence-electron chi connectivity index (χ4n) is 1.68. The number of pyridine rings is 1. The topological polar surface area (TPSA) is 45.2 Å². The van der Waals surface area contributed by atoms with E-state index >= 15 is 0 Å². The van der Waals surface area contributed by atoms with Gasteiger partial charge in [0.2, 0.25) is 0 Å². The largest absolute Gasteiger partial charge is 0.508 e. The molecule has 2 N–H and O–H groups in total. The summed E-state index contributed by atoms with van der Waals surface area (Å²) in [5.74, 6) is 0.331. The summed E-state index contributed by atoms with van der Waals surface area (Å²) in [6.45, 7) is 3.40. The monoisotopic (exact) mass is 228 g/mol. The van der Waals surface area contributed by atoms with Crippen LogP contribution in [0.2, 0.25) is 0 Å². The summed E-state index contributed by atoms with van der Waals surface area (Å²) < 4.78 is 0. The molecule has 0 spiro atoms. The van der Waals surface area contributed by atoms with Crippen molar-refractivity contribution in [2.75, 3.05) is 0 Å². The zero-order valence-electron chi connectivity index (χ0n) is 9.85. The van der Waals surface area contributed by atoms with Crippen LogP contribution in [0, 0.1) is 6.92 Å². The van der Waals surface area contributed by atoms with Crippen molar-refractivity contribution in [1.29, 1.82) is 0 Å². The number of hydrogen-bond acceptors (Lipinski definition) is 3. The van der Waals surface area contributed by atoms with E-state index < -0.39 is 0 Å². The summed E-state index contributed by atoms with van der Waals surface area (Å²) in [5, 5.41) is 12.9. The normalized spacial score (nSPS) is 10.4. The summed E-state index contributed by atoms with van der Waals surface area (Å²) in [6, 6.07) is 11.3. The maximum atomic E-state index is 9.61. The van der Waals surface area contributed by atoms with E-state index in [-0.39, 0.29) is 0 Å². The Morgan fingerprint density at radius 2 is 1.94 bits per heavy atom. The molecule has 0 bridgehead atoms. The van der Waals surface area contributed by atoms with E-state index in [1.165, 1.54) is 5.56 Å². The lowest BCUT2D eigenvalue weighted by atomic mass is 10.2. The minimum Gasteiger partial charge on any atom is -0.508 e. The Balaban J connectivity index is 1.93. The lowest BCUT2D eigenvalue weighted by molar-refractivity contribution is 0.464. The molecule has 17 heavy (non-hydrogen) atoms. The molecule has 88 valence electrons. The first-order valence-electron chi connectivity index (χ1n) is 5.65. The van der Waals surface area contributed by atoms with Gasteiger partial charge in [0, 0.05) is 24.8 Å². The molecule has 0 aliphatic carbocycles. The van der Waals surface area contributed by atoms with Gasteiger partial charge in [-0.2, -0.15) is 0 Å². The molecule has 1 aromatic heterocycles. The number of hydrogen-bond donors (Lipinski definition) is 2. The molecule has 1 heterocycles. The third-order valence-corrected chi connectivity index (χ3v) is 2.72. The Labute approximate surface area is 101 Å². The highest BCUT2D eigenvalue weighted by Gasteiger charge is 2.01. The lowest BCUT2D eigenvalue weighted by Crippen LogP contribution is -2.14. The Hall–Kier alpha value is -1.87. The van der Waals surface area contributed by atoms with Crippen molar-refractivity contribution in [3.63, 3.8) is 0 Å². The first-order valence-corrected chi connectivity index (χ1v) is 5.65. The van der Waals surface area contributed by atoms with Crippen molar-refractivity contribution in [2.24, 2.45) is 0 Å². The number of aryl methyl sites for hydroxylation is 1. The summed E-state index contributed by atoms with van der Waals surface area (Å²) in [5.41, 5.74) is 3.13. The summed E-state index contributed by atoms with van der Waals surface area (Å²) in [4.78, 5) is 4.31. The van der Waals surface area contributed by atoms with Gasteiger partial charge in [-0.1, -0.05) is 24.3 Å². The molecule has 0 amide bonds. The van der Waals surface area contributed by atoms with Gasteiger partial charge in [-0.3, -0.25) is 4.98 Å². The van der Waals surface area contributed by atoms with Gasteiger partial charge in [0.25, 0.3) is 0 Å². The van der Waals surface area contributed by atoms with Crippen LogP contribution in [0.25, 0.3) is 0 Å². The predicted molar refractivity (Wildman–Crippen MR) is 67.6 cm³/mol. The van der Waals surface area contributed by atoms with Crippen LogP contribution < -0.4 is 5.32 Å². The second-order valence-electron chi connectivity index (χ2n) is 4.00. The zero-order chi connectivity index (χ0) is 12.1. The summed E-state index contributed by atoms with van der Waals surface area (Å²) in [7, 11) is 0. The standard InChI is InChI=1S/C14H16N2O/c1-11-5-4-8-16-13(11)10-15-9-12-6-2-3-7-14(12)17/h2-8,15,17H,9-10H2,1H3. The Bertz CT molecular complexity index is 452. The third-order valence-electron chi connectivity index (χ3n) is 2.72. The van der Waals surface area contributed by atoms with Crippen molar-refractivity contribution >= 4 is 0 Å². The molecule has 0 aliphatic rings. The highest BCUT2D eigenvalue weighted by Crippen LogP contribution is 2.15. The Kier molecular flexibility index (Phi) is 3.73. The van der Waals surface area contributed by atoms with E-state index in [0.29, 0.717) is 18.8 Å². The van der Waals surface area contributed by atoms with Gasteiger partial charge in [0.05, 0.1) is 5.69 Å². The number of nitrogens with zero attached hydrogens (tertiary/aromatic N) is 1. The SMILES string of the molecule is Cc1cccnc1CNCc1ccccc1O. The van der Waals surface area contributed by atoms with E-state index in [1.54, 1.807) is 12.3 Å². The van der Waals surface area contributed by atoms with Crippen LogP contribution in [0.3, 0.4) is 0 Å². The van der Waals surface area contributed by atoms with Crippen LogP contribution in [-0.2, 0) is 13.1 Å². The lowest BCUT2D eigenvalue weighted by Gasteiger charge is -2.07. The quantitative estimate of drug-likeness (QED) is 0.844. The van der Waals surface area contributed by atoms with E-state index in [9.17, 15) is 5.11 Å². The zero-order valence-corrected chi connectivity index (χ0v) is 9.85. The second kappa shape index (κ2) is 5.46. The third kappa shape index (κ3) is 3.04. The molecule has 2 aromatic rings. The van der Waals surface area contributed by atoms with Gasteiger partial charge in [-0.15, -0.1) is 0 Å². The van der Waals surface area contributed by atoms with Crippen molar-refractivity contribution in [3.05, 3.63) is 59.4 Å².